The van der Waals surface area contributed by atoms with Gasteiger partial charge in [0.25, 0.3) is 5.91 Å². The van der Waals surface area contributed by atoms with Crippen LogP contribution in [0.25, 0.3) is 33.1 Å². The summed E-state index contributed by atoms with van der Waals surface area (Å²) in [4.78, 5) is 33.4. The number of hydrogen-bond acceptors (Lipinski definition) is 5. The van der Waals surface area contributed by atoms with Gasteiger partial charge in [-0.05, 0) is 36.8 Å². The molecule has 0 atom stereocenters. The van der Waals surface area contributed by atoms with Crippen molar-refractivity contribution < 1.29 is 14.3 Å². The fourth-order valence-electron chi connectivity index (χ4n) is 4.12. The molecule has 0 aliphatic carbocycles. The minimum absolute atomic E-state index is 0.0911. The van der Waals surface area contributed by atoms with E-state index in [1.54, 1.807) is 28.1 Å². The van der Waals surface area contributed by atoms with Gasteiger partial charge in [0.2, 0.25) is 0 Å². The minimum atomic E-state index is -0.320. The molecule has 174 valence electrons. The van der Waals surface area contributed by atoms with Crippen LogP contribution in [0.3, 0.4) is 0 Å². The van der Waals surface area contributed by atoms with Crippen molar-refractivity contribution >= 4 is 45.4 Å². The molecule has 1 aliphatic heterocycles. The summed E-state index contributed by atoms with van der Waals surface area (Å²) in [5.41, 5.74) is 3.79. The maximum Gasteiger partial charge on any atom is 0.409 e. The van der Waals surface area contributed by atoms with E-state index < -0.39 is 0 Å². The number of pyridine rings is 1. The Bertz CT molecular complexity index is 1380. The Kier molecular flexibility index (Phi) is 6.06. The van der Waals surface area contributed by atoms with Gasteiger partial charge in [0, 0.05) is 48.1 Å². The van der Waals surface area contributed by atoms with Crippen molar-refractivity contribution in [1.82, 2.24) is 25.0 Å². The summed E-state index contributed by atoms with van der Waals surface area (Å²) < 4.78 is 5.19. The molecule has 0 bridgehead atoms. The van der Waals surface area contributed by atoms with Crippen LogP contribution in [0.1, 0.15) is 23.7 Å². The molecule has 0 radical (unpaired) electrons. The van der Waals surface area contributed by atoms with Crippen molar-refractivity contribution in [3.8, 4) is 11.3 Å². The molecular weight excluding hydrogens is 454 g/mol. The Morgan fingerprint density at radius 2 is 1.85 bits per heavy atom. The van der Waals surface area contributed by atoms with Gasteiger partial charge in [-0.2, -0.15) is 5.10 Å². The number of nitrogens with one attached hydrogen (secondary N) is 1. The van der Waals surface area contributed by atoms with Gasteiger partial charge in [-0.1, -0.05) is 30.7 Å². The zero-order valence-electron chi connectivity index (χ0n) is 18.8. The number of carbonyl (C=O) groups excluding carboxylic acids is 2. The third kappa shape index (κ3) is 4.28. The molecular formula is C25H24ClN5O3. The van der Waals surface area contributed by atoms with Gasteiger partial charge in [-0.3, -0.25) is 9.89 Å². The lowest BCUT2D eigenvalue weighted by atomic mass is 10.1. The molecule has 3 heterocycles. The zero-order valence-corrected chi connectivity index (χ0v) is 19.5. The first-order valence-electron chi connectivity index (χ1n) is 11.3. The molecule has 1 fully saturated rings. The summed E-state index contributed by atoms with van der Waals surface area (Å²) >= 11 is 6.57. The van der Waals surface area contributed by atoms with E-state index in [4.69, 9.17) is 21.3 Å². The Morgan fingerprint density at radius 3 is 2.65 bits per heavy atom. The van der Waals surface area contributed by atoms with Crippen molar-refractivity contribution in [2.75, 3.05) is 32.8 Å². The van der Waals surface area contributed by atoms with Gasteiger partial charge >= 0.3 is 6.09 Å². The molecule has 5 rings (SSSR count). The molecule has 1 saturated heterocycles. The highest BCUT2D eigenvalue weighted by Crippen LogP contribution is 2.30. The number of amides is 2. The molecule has 9 heteroatoms. The van der Waals surface area contributed by atoms with E-state index >= 15 is 0 Å². The van der Waals surface area contributed by atoms with Gasteiger partial charge < -0.3 is 14.5 Å². The summed E-state index contributed by atoms with van der Waals surface area (Å²) in [6.07, 6.45) is 2.23. The Hall–Kier alpha value is -3.65. The lowest BCUT2D eigenvalue weighted by molar-refractivity contribution is 0.0560. The average Bonchev–Trinajstić information content (AvgIpc) is 3.34. The van der Waals surface area contributed by atoms with E-state index in [0.717, 1.165) is 34.0 Å². The zero-order chi connectivity index (χ0) is 23.7. The van der Waals surface area contributed by atoms with Crippen LogP contribution < -0.4 is 0 Å². The van der Waals surface area contributed by atoms with Crippen LogP contribution in [-0.2, 0) is 4.74 Å². The lowest BCUT2D eigenvalue weighted by Gasteiger charge is -2.34. The number of aromatic nitrogens is 3. The van der Waals surface area contributed by atoms with Crippen molar-refractivity contribution in [3.05, 3.63) is 59.2 Å². The van der Waals surface area contributed by atoms with E-state index in [-0.39, 0.29) is 12.0 Å². The van der Waals surface area contributed by atoms with E-state index in [0.29, 0.717) is 48.9 Å². The third-order valence-electron chi connectivity index (χ3n) is 6.00. The number of aromatic amines is 1. The van der Waals surface area contributed by atoms with E-state index in [9.17, 15) is 9.59 Å². The molecule has 0 spiro atoms. The largest absolute Gasteiger partial charge is 0.449 e. The number of hydrogen-bond donors (Lipinski definition) is 1. The summed E-state index contributed by atoms with van der Waals surface area (Å²) in [6, 6.07) is 13.1. The predicted molar refractivity (Wildman–Crippen MR) is 131 cm³/mol. The van der Waals surface area contributed by atoms with E-state index in [1.165, 1.54) is 0 Å². The quantitative estimate of drug-likeness (QED) is 0.458. The van der Waals surface area contributed by atoms with Crippen LogP contribution >= 0.6 is 11.6 Å². The maximum absolute atomic E-state index is 13.2. The highest BCUT2D eigenvalue weighted by atomic mass is 35.5. The highest BCUT2D eigenvalue weighted by molar-refractivity contribution is 6.35. The van der Waals surface area contributed by atoms with Crippen LogP contribution in [0.15, 0.2) is 48.7 Å². The van der Waals surface area contributed by atoms with Crippen LogP contribution in [-0.4, -0.2) is 69.8 Å². The Labute approximate surface area is 201 Å². The van der Waals surface area contributed by atoms with Crippen molar-refractivity contribution in [3.63, 3.8) is 0 Å². The van der Waals surface area contributed by atoms with Gasteiger partial charge in [0.05, 0.1) is 34.6 Å². The monoisotopic (exact) mass is 477 g/mol. The van der Waals surface area contributed by atoms with Gasteiger partial charge in [0.15, 0.2) is 0 Å². The molecule has 2 aromatic carbocycles. The molecule has 0 saturated carbocycles. The molecule has 34 heavy (non-hydrogen) atoms. The van der Waals surface area contributed by atoms with Crippen molar-refractivity contribution in [2.45, 2.75) is 13.3 Å². The second-order valence-electron chi connectivity index (χ2n) is 8.29. The fraction of sp³-hybridized carbons (Fsp3) is 0.280. The van der Waals surface area contributed by atoms with Crippen LogP contribution in [0.4, 0.5) is 4.79 Å². The van der Waals surface area contributed by atoms with Crippen LogP contribution in [0.5, 0.6) is 0 Å². The number of ether oxygens (including phenoxy) is 1. The molecule has 1 N–H and O–H groups in total. The molecule has 2 amide bonds. The highest BCUT2D eigenvalue weighted by Gasteiger charge is 2.26. The Balaban J connectivity index is 1.37. The standard InChI is InChI=1S/C25H24ClN5O3/c1-2-11-34-25(33)31-9-7-30(8-10-31)24(32)17-3-5-19-20(26)14-22(28-23(19)13-17)16-4-6-21-18(12-16)15-27-29-21/h3-6,12-15H,2,7-11H2,1H3,(H,27,29). The first-order chi connectivity index (χ1) is 16.5. The predicted octanol–water partition coefficient (Wildman–Crippen LogP) is 4.74. The summed E-state index contributed by atoms with van der Waals surface area (Å²) in [5.74, 6) is -0.0911. The molecule has 0 unspecified atom stereocenters. The number of halogens is 1. The second-order valence-corrected chi connectivity index (χ2v) is 8.69. The third-order valence-corrected chi connectivity index (χ3v) is 6.31. The topological polar surface area (TPSA) is 91.4 Å². The summed E-state index contributed by atoms with van der Waals surface area (Å²) in [5, 5.41) is 9.35. The average molecular weight is 478 g/mol. The van der Waals surface area contributed by atoms with E-state index in [2.05, 4.69) is 10.2 Å². The summed E-state index contributed by atoms with van der Waals surface area (Å²) in [6.45, 7) is 4.17. The Morgan fingerprint density at radius 1 is 1.06 bits per heavy atom. The maximum atomic E-state index is 13.2. The first kappa shape index (κ1) is 22.2. The van der Waals surface area contributed by atoms with Gasteiger partial charge in [-0.25, -0.2) is 9.78 Å². The van der Waals surface area contributed by atoms with Crippen molar-refractivity contribution in [2.24, 2.45) is 0 Å². The molecule has 8 nitrogen and oxygen atoms in total. The smallest absolute Gasteiger partial charge is 0.409 e. The number of rotatable bonds is 4. The molecule has 1 aliphatic rings. The lowest BCUT2D eigenvalue weighted by Crippen LogP contribution is -2.50. The second kappa shape index (κ2) is 9.30. The van der Waals surface area contributed by atoms with Crippen LogP contribution in [0.2, 0.25) is 5.02 Å². The van der Waals surface area contributed by atoms with Crippen LogP contribution in [0, 0.1) is 0 Å². The van der Waals surface area contributed by atoms with Crippen molar-refractivity contribution in [1.29, 1.82) is 0 Å². The molecule has 2 aromatic heterocycles. The number of piperazine rings is 1. The van der Waals surface area contributed by atoms with Gasteiger partial charge in [-0.15, -0.1) is 0 Å². The number of carbonyl (C=O) groups is 2. The normalized spacial score (nSPS) is 14.1. The number of fused-ring (bicyclic) bond motifs is 2. The minimum Gasteiger partial charge on any atom is -0.449 e. The SMILES string of the molecule is CCCOC(=O)N1CCN(C(=O)c2ccc3c(Cl)cc(-c4ccc5[nH]ncc5c4)nc3c2)CC1. The number of benzene rings is 2. The number of H-pyrrole nitrogens is 1. The van der Waals surface area contributed by atoms with E-state index in [1.807, 2.05) is 37.3 Å². The van der Waals surface area contributed by atoms with Gasteiger partial charge in [0.1, 0.15) is 0 Å². The number of nitrogens with zero attached hydrogens (tertiary/aromatic N) is 4. The summed E-state index contributed by atoms with van der Waals surface area (Å²) in [7, 11) is 0. The fourth-order valence-corrected chi connectivity index (χ4v) is 4.39. The molecule has 4 aromatic rings. The first-order valence-corrected chi connectivity index (χ1v) is 11.7.